The molecule has 2 amide bonds. The average Bonchev–Trinajstić information content (AvgIpc) is 3.42. The first kappa shape index (κ1) is 20.8. The molecule has 10 heteroatoms. The van der Waals surface area contributed by atoms with Crippen molar-refractivity contribution in [2.45, 2.75) is 6.42 Å². The van der Waals surface area contributed by atoms with Crippen molar-refractivity contribution in [2.24, 2.45) is 7.05 Å². The highest BCUT2D eigenvalue weighted by molar-refractivity contribution is 6.05. The summed E-state index contributed by atoms with van der Waals surface area (Å²) in [5.41, 5.74) is 2.36. The van der Waals surface area contributed by atoms with Crippen molar-refractivity contribution >= 4 is 34.2 Å². The Hall–Kier alpha value is -4.47. The molecule has 162 valence electrons. The molecule has 4 rings (SSSR count). The first-order chi connectivity index (χ1) is 15.4. The maximum Gasteiger partial charge on any atom is 0.286 e. The Bertz CT molecular complexity index is 1290. The lowest BCUT2D eigenvalue weighted by molar-refractivity contribution is -0.384. The second-order valence-electron chi connectivity index (χ2n) is 7.03. The van der Waals surface area contributed by atoms with Gasteiger partial charge in [-0.05, 0) is 42.5 Å². The summed E-state index contributed by atoms with van der Waals surface area (Å²) in [4.78, 5) is 39.3. The van der Waals surface area contributed by atoms with Crippen LogP contribution in [-0.2, 0) is 13.5 Å². The second kappa shape index (κ2) is 8.72. The SMILES string of the molecule is Cn1c(CCNC(=O)c2ccco2)nc2cc(NC(=O)c3ccc([N+](=O)[O-])cc3)ccc21. The molecule has 32 heavy (non-hydrogen) atoms. The molecular formula is C22H19N5O5. The maximum absolute atomic E-state index is 12.5. The molecule has 10 nitrogen and oxygen atoms in total. The number of furan rings is 1. The Morgan fingerprint density at radius 1 is 1.12 bits per heavy atom. The number of nitrogens with one attached hydrogen (secondary N) is 2. The molecule has 0 fully saturated rings. The highest BCUT2D eigenvalue weighted by Gasteiger charge is 2.13. The largest absolute Gasteiger partial charge is 0.459 e. The number of nitro benzene ring substituents is 1. The van der Waals surface area contributed by atoms with Gasteiger partial charge in [0, 0.05) is 43.4 Å². The van der Waals surface area contributed by atoms with Crippen molar-refractivity contribution in [1.29, 1.82) is 0 Å². The lowest BCUT2D eigenvalue weighted by atomic mass is 10.2. The average molecular weight is 433 g/mol. The summed E-state index contributed by atoms with van der Waals surface area (Å²) in [5, 5.41) is 16.3. The van der Waals surface area contributed by atoms with Gasteiger partial charge in [-0.2, -0.15) is 0 Å². The molecule has 2 N–H and O–H groups in total. The van der Waals surface area contributed by atoms with E-state index in [0.717, 1.165) is 11.3 Å². The van der Waals surface area contributed by atoms with E-state index in [1.54, 1.807) is 24.3 Å². The van der Waals surface area contributed by atoms with Crippen LogP contribution in [0.25, 0.3) is 11.0 Å². The number of rotatable bonds is 7. The van der Waals surface area contributed by atoms with Crippen LogP contribution >= 0.6 is 0 Å². The molecule has 0 radical (unpaired) electrons. The number of nitrogens with zero attached hydrogens (tertiary/aromatic N) is 3. The Kier molecular flexibility index (Phi) is 5.67. The van der Waals surface area contributed by atoms with Gasteiger partial charge in [-0.15, -0.1) is 0 Å². The van der Waals surface area contributed by atoms with Crippen molar-refractivity contribution in [3.05, 3.63) is 88.1 Å². The summed E-state index contributed by atoms with van der Waals surface area (Å²) >= 11 is 0. The number of imidazole rings is 1. The molecule has 4 aromatic rings. The minimum Gasteiger partial charge on any atom is -0.459 e. The van der Waals surface area contributed by atoms with Gasteiger partial charge in [0.15, 0.2) is 5.76 Å². The zero-order valence-electron chi connectivity index (χ0n) is 17.1. The molecule has 0 saturated carbocycles. The van der Waals surface area contributed by atoms with Crippen molar-refractivity contribution in [2.75, 3.05) is 11.9 Å². The van der Waals surface area contributed by atoms with Crippen LogP contribution in [0.4, 0.5) is 11.4 Å². The Balaban J connectivity index is 1.43. The van der Waals surface area contributed by atoms with Gasteiger partial charge in [-0.1, -0.05) is 0 Å². The van der Waals surface area contributed by atoms with Crippen molar-refractivity contribution < 1.29 is 18.9 Å². The third-order valence-electron chi connectivity index (χ3n) is 4.95. The van der Waals surface area contributed by atoms with E-state index in [0.29, 0.717) is 29.7 Å². The van der Waals surface area contributed by atoms with Crippen molar-refractivity contribution in [3.63, 3.8) is 0 Å². The fraction of sp³-hybridized carbons (Fsp3) is 0.136. The van der Waals surface area contributed by atoms with Gasteiger partial charge in [0.1, 0.15) is 5.82 Å². The molecule has 0 bridgehead atoms. The summed E-state index contributed by atoms with van der Waals surface area (Å²) < 4.78 is 6.99. The maximum atomic E-state index is 12.5. The van der Waals surface area contributed by atoms with E-state index in [9.17, 15) is 19.7 Å². The summed E-state index contributed by atoms with van der Waals surface area (Å²) in [6.45, 7) is 0.389. The number of aromatic nitrogens is 2. The van der Waals surface area contributed by atoms with Gasteiger partial charge in [-0.25, -0.2) is 4.98 Å². The smallest absolute Gasteiger partial charge is 0.286 e. The zero-order chi connectivity index (χ0) is 22.7. The molecular weight excluding hydrogens is 414 g/mol. The molecule has 2 aromatic carbocycles. The standard InChI is InChI=1S/C22H19N5O5/c1-26-18-9-6-15(24-21(28)14-4-7-16(8-5-14)27(30)31)13-17(18)25-20(26)10-11-23-22(29)19-3-2-12-32-19/h2-9,12-13H,10-11H2,1H3,(H,23,29)(H,24,28). The van der Waals surface area contributed by atoms with Gasteiger partial charge < -0.3 is 19.6 Å². The number of hydrogen-bond donors (Lipinski definition) is 2. The Labute approximate surface area is 182 Å². The molecule has 0 saturated heterocycles. The number of carbonyl (C=O) groups excluding carboxylic acids is 2. The normalized spacial score (nSPS) is 10.8. The summed E-state index contributed by atoms with van der Waals surface area (Å²) in [6.07, 6.45) is 1.96. The van der Waals surface area contributed by atoms with Gasteiger partial charge in [-0.3, -0.25) is 19.7 Å². The number of amides is 2. The summed E-state index contributed by atoms with van der Waals surface area (Å²) in [5.74, 6) is 0.364. The van der Waals surface area contributed by atoms with Gasteiger partial charge >= 0.3 is 0 Å². The van der Waals surface area contributed by atoms with Crippen LogP contribution < -0.4 is 10.6 Å². The number of hydrogen-bond acceptors (Lipinski definition) is 6. The number of anilines is 1. The number of benzene rings is 2. The molecule has 0 unspecified atom stereocenters. The first-order valence-electron chi connectivity index (χ1n) is 9.75. The molecule has 0 aliphatic carbocycles. The molecule has 2 heterocycles. The number of nitro groups is 1. The van der Waals surface area contributed by atoms with E-state index in [4.69, 9.17) is 4.42 Å². The number of fused-ring (bicyclic) bond motifs is 1. The van der Waals surface area contributed by atoms with Crippen LogP contribution in [-0.4, -0.2) is 32.8 Å². The van der Waals surface area contributed by atoms with Crippen molar-refractivity contribution in [3.8, 4) is 0 Å². The lowest BCUT2D eigenvalue weighted by Crippen LogP contribution is -2.25. The fourth-order valence-corrected chi connectivity index (χ4v) is 3.27. The quantitative estimate of drug-likeness (QED) is 0.339. The van der Waals surface area contributed by atoms with E-state index >= 15 is 0 Å². The fourth-order valence-electron chi connectivity index (χ4n) is 3.27. The van der Waals surface area contributed by atoms with Crippen LogP contribution in [0.5, 0.6) is 0 Å². The predicted molar refractivity (Wildman–Crippen MR) is 117 cm³/mol. The second-order valence-corrected chi connectivity index (χ2v) is 7.03. The van der Waals surface area contributed by atoms with Crippen LogP contribution in [0.15, 0.2) is 65.3 Å². The van der Waals surface area contributed by atoms with Crippen LogP contribution in [0.2, 0.25) is 0 Å². The van der Waals surface area contributed by atoms with Crippen LogP contribution in [0, 0.1) is 10.1 Å². The van der Waals surface area contributed by atoms with E-state index in [1.165, 1.54) is 30.5 Å². The Morgan fingerprint density at radius 3 is 2.59 bits per heavy atom. The lowest BCUT2D eigenvalue weighted by Gasteiger charge is -2.06. The Morgan fingerprint density at radius 2 is 1.91 bits per heavy atom. The highest BCUT2D eigenvalue weighted by Crippen LogP contribution is 2.21. The van der Waals surface area contributed by atoms with Crippen LogP contribution in [0.3, 0.4) is 0 Å². The molecule has 0 aliphatic heterocycles. The molecule has 0 spiro atoms. The molecule has 2 aromatic heterocycles. The minimum atomic E-state index is -0.517. The van der Waals surface area contributed by atoms with Gasteiger partial charge in [0.05, 0.1) is 22.2 Å². The third-order valence-corrected chi connectivity index (χ3v) is 4.95. The first-order valence-corrected chi connectivity index (χ1v) is 9.75. The van der Waals surface area contributed by atoms with Crippen molar-refractivity contribution in [1.82, 2.24) is 14.9 Å². The topological polar surface area (TPSA) is 132 Å². The van der Waals surface area contributed by atoms with E-state index in [2.05, 4.69) is 15.6 Å². The third kappa shape index (κ3) is 4.33. The van der Waals surface area contributed by atoms with E-state index in [1.807, 2.05) is 17.7 Å². The highest BCUT2D eigenvalue weighted by atomic mass is 16.6. The summed E-state index contributed by atoms with van der Waals surface area (Å²) in [7, 11) is 1.88. The van der Waals surface area contributed by atoms with Gasteiger partial charge in [0.25, 0.3) is 17.5 Å². The monoisotopic (exact) mass is 433 g/mol. The van der Waals surface area contributed by atoms with Crippen LogP contribution in [0.1, 0.15) is 26.7 Å². The number of aryl methyl sites for hydroxylation is 1. The van der Waals surface area contributed by atoms with E-state index < -0.39 is 4.92 Å². The molecule has 0 atom stereocenters. The molecule has 0 aliphatic rings. The summed E-state index contributed by atoms with van der Waals surface area (Å²) in [6, 6.07) is 14.0. The number of carbonyl (C=O) groups is 2. The predicted octanol–water partition coefficient (Wildman–Crippen LogP) is 3.30. The van der Waals surface area contributed by atoms with Gasteiger partial charge in [0.2, 0.25) is 0 Å². The minimum absolute atomic E-state index is 0.0793. The van der Waals surface area contributed by atoms with E-state index in [-0.39, 0.29) is 23.3 Å². The number of non-ortho nitro benzene ring substituents is 1. The zero-order valence-corrected chi connectivity index (χ0v) is 17.1.